The normalized spacial score (nSPS) is 16.0. The first kappa shape index (κ1) is 15.3. The van der Waals surface area contributed by atoms with Gasteiger partial charge in [0.15, 0.2) is 0 Å². The summed E-state index contributed by atoms with van der Waals surface area (Å²) in [5, 5.41) is 1.20. The van der Waals surface area contributed by atoms with Gasteiger partial charge >= 0.3 is 0 Å². The van der Waals surface area contributed by atoms with E-state index in [-0.39, 0.29) is 0 Å². The SMILES string of the molecule is Cc1ccc(C)c(N2CCN(Cc3cc4ccccc4o3)CC2)c1. The summed E-state index contributed by atoms with van der Waals surface area (Å²) < 4.78 is 5.96. The molecule has 3 aromatic rings. The molecule has 0 unspecified atom stereocenters. The molecule has 1 aromatic heterocycles. The van der Waals surface area contributed by atoms with Crippen molar-refractivity contribution in [2.24, 2.45) is 0 Å². The van der Waals surface area contributed by atoms with Crippen LogP contribution in [0.25, 0.3) is 11.0 Å². The average Bonchev–Trinajstić information content (AvgIpc) is 3.00. The number of aryl methyl sites for hydroxylation is 2. The van der Waals surface area contributed by atoms with Crippen molar-refractivity contribution >= 4 is 16.7 Å². The van der Waals surface area contributed by atoms with Gasteiger partial charge in [0.05, 0.1) is 6.54 Å². The van der Waals surface area contributed by atoms with Crippen LogP contribution in [0, 0.1) is 13.8 Å². The fraction of sp³-hybridized carbons (Fsp3) is 0.333. The Balaban J connectivity index is 1.41. The van der Waals surface area contributed by atoms with Crippen LogP contribution in [0.15, 0.2) is 52.9 Å². The Labute approximate surface area is 143 Å². The second-order valence-corrected chi connectivity index (χ2v) is 6.80. The molecule has 0 saturated carbocycles. The third-order valence-corrected chi connectivity index (χ3v) is 4.93. The van der Waals surface area contributed by atoms with Crippen LogP contribution in [-0.2, 0) is 6.54 Å². The number of rotatable bonds is 3. The van der Waals surface area contributed by atoms with E-state index in [1.807, 2.05) is 12.1 Å². The summed E-state index contributed by atoms with van der Waals surface area (Å²) in [5.74, 6) is 1.07. The first-order valence-corrected chi connectivity index (χ1v) is 8.71. The molecule has 2 aromatic carbocycles. The zero-order chi connectivity index (χ0) is 16.5. The summed E-state index contributed by atoms with van der Waals surface area (Å²) in [7, 11) is 0. The molecule has 0 N–H and O–H groups in total. The van der Waals surface area contributed by atoms with Gasteiger partial charge in [-0.15, -0.1) is 0 Å². The van der Waals surface area contributed by atoms with Crippen molar-refractivity contribution in [1.82, 2.24) is 4.90 Å². The van der Waals surface area contributed by atoms with E-state index in [2.05, 4.69) is 60.0 Å². The average molecular weight is 320 g/mol. The molecule has 0 bridgehead atoms. The summed E-state index contributed by atoms with van der Waals surface area (Å²) in [6.07, 6.45) is 0. The molecule has 4 rings (SSSR count). The van der Waals surface area contributed by atoms with E-state index in [1.54, 1.807) is 0 Å². The maximum Gasteiger partial charge on any atom is 0.134 e. The van der Waals surface area contributed by atoms with Crippen LogP contribution in [0.3, 0.4) is 0 Å². The molecule has 0 spiro atoms. The molecule has 1 fully saturated rings. The van der Waals surface area contributed by atoms with Gasteiger partial charge in [-0.3, -0.25) is 4.90 Å². The molecule has 3 heteroatoms. The Bertz CT molecular complexity index is 811. The number of furan rings is 1. The molecular weight excluding hydrogens is 296 g/mol. The van der Waals surface area contributed by atoms with E-state index in [4.69, 9.17) is 4.42 Å². The van der Waals surface area contributed by atoms with Crippen molar-refractivity contribution in [3.63, 3.8) is 0 Å². The van der Waals surface area contributed by atoms with E-state index in [0.717, 1.165) is 44.1 Å². The van der Waals surface area contributed by atoms with Crippen LogP contribution in [0.2, 0.25) is 0 Å². The second-order valence-electron chi connectivity index (χ2n) is 6.80. The van der Waals surface area contributed by atoms with Crippen LogP contribution in [-0.4, -0.2) is 31.1 Å². The number of hydrogen-bond acceptors (Lipinski definition) is 3. The smallest absolute Gasteiger partial charge is 0.134 e. The molecule has 0 atom stereocenters. The van der Waals surface area contributed by atoms with Crippen LogP contribution >= 0.6 is 0 Å². The lowest BCUT2D eigenvalue weighted by atomic mass is 10.1. The van der Waals surface area contributed by atoms with Gasteiger partial charge in [0.2, 0.25) is 0 Å². The van der Waals surface area contributed by atoms with Crippen LogP contribution in [0.5, 0.6) is 0 Å². The van der Waals surface area contributed by atoms with Gasteiger partial charge < -0.3 is 9.32 Å². The van der Waals surface area contributed by atoms with E-state index in [9.17, 15) is 0 Å². The Kier molecular flexibility index (Phi) is 4.03. The first-order chi connectivity index (χ1) is 11.7. The summed E-state index contributed by atoms with van der Waals surface area (Å²) in [5.41, 5.74) is 5.08. The zero-order valence-corrected chi connectivity index (χ0v) is 14.5. The van der Waals surface area contributed by atoms with E-state index in [0.29, 0.717) is 0 Å². The highest BCUT2D eigenvalue weighted by atomic mass is 16.3. The van der Waals surface area contributed by atoms with Crippen molar-refractivity contribution in [3.8, 4) is 0 Å². The van der Waals surface area contributed by atoms with Crippen molar-refractivity contribution in [2.75, 3.05) is 31.1 Å². The molecule has 0 aliphatic carbocycles. The Morgan fingerprint density at radius 2 is 1.71 bits per heavy atom. The number of para-hydroxylation sites is 1. The van der Waals surface area contributed by atoms with Gasteiger partial charge in [0, 0.05) is 37.3 Å². The highest BCUT2D eigenvalue weighted by molar-refractivity contribution is 5.77. The lowest BCUT2D eigenvalue weighted by Crippen LogP contribution is -2.46. The second kappa shape index (κ2) is 6.33. The van der Waals surface area contributed by atoms with Crippen LogP contribution in [0.4, 0.5) is 5.69 Å². The van der Waals surface area contributed by atoms with Crippen LogP contribution in [0.1, 0.15) is 16.9 Å². The highest BCUT2D eigenvalue weighted by Gasteiger charge is 2.19. The van der Waals surface area contributed by atoms with Gasteiger partial charge in [0.1, 0.15) is 11.3 Å². The van der Waals surface area contributed by atoms with E-state index < -0.39 is 0 Å². The number of piperazine rings is 1. The fourth-order valence-corrected chi connectivity index (χ4v) is 3.54. The zero-order valence-electron chi connectivity index (χ0n) is 14.5. The lowest BCUT2D eigenvalue weighted by Gasteiger charge is -2.36. The minimum absolute atomic E-state index is 0.898. The summed E-state index contributed by atoms with van der Waals surface area (Å²) >= 11 is 0. The van der Waals surface area contributed by atoms with E-state index in [1.165, 1.54) is 22.2 Å². The number of anilines is 1. The van der Waals surface area contributed by atoms with E-state index >= 15 is 0 Å². The molecule has 1 saturated heterocycles. The van der Waals surface area contributed by atoms with Crippen molar-refractivity contribution in [3.05, 3.63) is 65.4 Å². The van der Waals surface area contributed by atoms with Gasteiger partial charge in [-0.25, -0.2) is 0 Å². The topological polar surface area (TPSA) is 19.6 Å². The molecule has 0 radical (unpaired) electrons. The quantitative estimate of drug-likeness (QED) is 0.714. The highest BCUT2D eigenvalue weighted by Crippen LogP contribution is 2.24. The van der Waals surface area contributed by atoms with Gasteiger partial charge in [-0.1, -0.05) is 30.3 Å². The fourth-order valence-electron chi connectivity index (χ4n) is 3.54. The maximum absolute atomic E-state index is 5.96. The third kappa shape index (κ3) is 3.04. The summed E-state index contributed by atoms with van der Waals surface area (Å²) in [6.45, 7) is 9.57. The predicted octanol–water partition coefficient (Wildman–Crippen LogP) is 4.37. The largest absolute Gasteiger partial charge is 0.460 e. The lowest BCUT2D eigenvalue weighted by molar-refractivity contribution is 0.232. The maximum atomic E-state index is 5.96. The molecule has 124 valence electrons. The monoisotopic (exact) mass is 320 g/mol. The number of hydrogen-bond donors (Lipinski definition) is 0. The standard InChI is InChI=1S/C21H24N2O/c1-16-7-8-17(2)20(13-16)23-11-9-22(10-12-23)15-19-14-18-5-3-4-6-21(18)24-19/h3-8,13-14H,9-12,15H2,1-2H3. The Hall–Kier alpha value is -2.26. The van der Waals surface area contributed by atoms with Crippen molar-refractivity contribution in [1.29, 1.82) is 0 Å². The molecule has 0 amide bonds. The van der Waals surface area contributed by atoms with Gasteiger partial charge in [-0.2, -0.15) is 0 Å². The third-order valence-electron chi connectivity index (χ3n) is 4.93. The molecule has 1 aliphatic heterocycles. The molecule has 3 nitrogen and oxygen atoms in total. The molecule has 24 heavy (non-hydrogen) atoms. The number of fused-ring (bicyclic) bond motifs is 1. The molecule has 2 heterocycles. The minimum atomic E-state index is 0.898. The summed E-state index contributed by atoms with van der Waals surface area (Å²) in [6, 6.07) is 17.1. The molecular formula is C21H24N2O. The predicted molar refractivity (Wildman–Crippen MR) is 99.6 cm³/mol. The van der Waals surface area contributed by atoms with Gasteiger partial charge in [-0.05, 0) is 43.2 Å². The first-order valence-electron chi connectivity index (χ1n) is 8.71. The summed E-state index contributed by atoms with van der Waals surface area (Å²) in [4.78, 5) is 5.00. The van der Waals surface area contributed by atoms with Gasteiger partial charge in [0.25, 0.3) is 0 Å². The Morgan fingerprint density at radius 1 is 0.917 bits per heavy atom. The number of benzene rings is 2. The number of nitrogens with zero attached hydrogens (tertiary/aromatic N) is 2. The Morgan fingerprint density at radius 3 is 2.50 bits per heavy atom. The van der Waals surface area contributed by atoms with Crippen molar-refractivity contribution in [2.45, 2.75) is 20.4 Å². The van der Waals surface area contributed by atoms with Crippen molar-refractivity contribution < 1.29 is 4.42 Å². The minimum Gasteiger partial charge on any atom is -0.460 e. The van der Waals surface area contributed by atoms with Crippen LogP contribution < -0.4 is 4.90 Å². The molecule has 1 aliphatic rings.